The number of aliphatic hydroxyl groups excluding tert-OH is 2. The summed E-state index contributed by atoms with van der Waals surface area (Å²) < 4.78 is 0. The molecule has 3 aliphatic rings. The van der Waals surface area contributed by atoms with Crippen LogP contribution in [0.25, 0.3) is 0 Å². The number of aromatic hydroxyl groups is 1. The lowest BCUT2D eigenvalue weighted by molar-refractivity contribution is -0.148. The Balaban J connectivity index is 1.99. The molecular weight excluding hydrogens is 416 g/mol. The van der Waals surface area contributed by atoms with Crippen molar-refractivity contribution in [2.45, 2.75) is 24.5 Å². The number of phenolic OH excluding ortho intramolecular Hbond substituents is 1. The first kappa shape index (κ1) is 21.6. The Morgan fingerprint density at radius 1 is 1.25 bits per heavy atom. The highest BCUT2D eigenvalue weighted by atomic mass is 16.3. The number of nitrogens with zero attached hydrogens (tertiary/aromatic N) is 1. The normalized spacial score (nSPS) is 29.4. The van der Waals surface area contributed by atoms with Crippen LogP contribution in [0.2, 0.25) is 0 Å². The topological polar surface area (TPSA) is 161 Å². The zero-order valence-electron chi connectivity index (χ0n) is 17.4. The molecule has 166 valence electrons. The summed E-state index contributed by atoms with van der Waals surface area (Å²) in [5.41, 5.74) is 2.34. The molecule has 32 heavy (non-hydrogen) atoms. The molecule has 0 radical (unpaired) electrons. The number of terminal acetylenes is 1. The number of nitrogens with two attached hydrogens (primary N) is 1. The molecule has 0 saturated carbocycles. The number of phenols is 1. The number of aliphatic hydroxyl groups is 3. The van der Waals surface area contributed by atoms with Gasteiger partial charge in [-0.25, -0.2) is 0 Å². The average molecular weight is 438 g/mol. The van der Waals surface area contributed by atoms with Crippen LogP contribution in [0, 0.1) is 24.2 Å². The second-order valence-electron chi connectivity index (χ2n) is 8.59. The molecule has 3 unspecified atom stereocenters. The van der Waals surface area contributed by atoms with Crippen molar-refractivity contribution < 1.29 is 34.8 Å². The molecule has 0 fully saturated rings. The number of carbonyl (C=O) groups is 3. The fourth-order valence-electron chi connectivity index (χ4n) is 5.39. The van der Waals surface area contributed by atoms with E-state index in [1.165, 1.54) is 17.0 Å². The summed E-state index contributed by atoms with van der Waals surface area (Å²) in [7, 11) is 3.14. The molecule has 0 aromatic heterocycles. The molecule has 9 heteroatoms. The third-order valence-corrected chi connectivity index (χ3v) is 6.76. The van der Waals surface area contributed by atoms with Crippen LogP contribution in [-0.4, -0.2) is 68.5 Å². The molecule has 4 atom stereocenters. The van der Waals surface area contributed by atoms with E-state index in [-0.39, 0.29) is 29.7 Å². The largest absolute Gasteiger partial charge is 0.510 e. The van der Waals surface area contributed by atoms with Crippen molar-refractivity contribution in [2.75, 3.05) is 14.1 Å². The highest BCUT2D eigenvalue weighted by Crippen LogP contribution is 2.52. The number of amides is 1. The molecule has 1 aromatic rings. The van der Waals surface area contributed by atoms with Crippen LogP contribution >= 0.6 is 0 Å². The summed E-state index contributed by atoms with van der Waals surface area (Å²) in [5.74, 6) is -4.37. The molecule has 9 nitrogen and oxygen atoms in total. The van der Waals surface area contributed by atoms with Gasteiger partial charge in [0.2, 0.25) is 5.78 Å². The third kappa shape index (κ3) is 2.57. The van der Waals surface area contributed by atoms with Crippen molar-refractivity contribution in [1.29, 1.82) is 0 Å². The van der Waals surface area contributed by atoms with Gasteiger partial charge < -0.3 is 26.2 Å². The van der Waals surface area contributed by atoms with E-state index in [2.05, 4.69) is 5.92 Å². The summed E-state index contributed by atoms with van der Waals surface area (Å²) in [4.78, 5) is 39.9. The SMILES string of the molecule is C#Cc1ccc(O)c2c1CC1CC3C(N(C)C)C(O)=C(C(N)=O)C(=O)[C@@]3(O)C(O)=C1C2=O. The van der Waals surface area contributed by atoms with Crippen LogP contribution in [0.4, 0.5) is 0 Å². The fraction of sp³-hybridized carbons (Fsp3) is 0.348. The molecule has 0 bridgehead atoms. The van der Waals surface area contributed by atoms with E-state index >= 15 is 0 Å². The minimum Gasteiger partial charge on any atom is -0.510 e. The van der Waals surface area contributed by atoms with Gasteiger partial charge >= 0.3 is 0 Å². The van der Waals surface area contributed by atoms with Crippen LogP contribution in [0.5, 0.6) is 5.75 Å². The van der Waals surface area contributed by atoms with Crippen LogP contribution in [0.15, 0.2) is 34.8 Å². The van der Waals surface area contributed by atoms with E-state index in [4.69, 9.17) is 12.2 Å². The van der Waals surface area contributed by atoms with Crippen molar-refractivity contribution in [1.82, 2.24) is 4.90 Å². The van der Waals surface area contributed by atoms with Crippen LogP contribution < -0.4 is 5.73 Å². The van der Waals surface area contributed by atoms with E-state index in [9.17, 15) is 34.8 Å². The standard InChI is InChI=1S/C23H22N2O7/c1-4-9-5-6-13(26)15-11(9)7-10-8-12-17(25(2)3)19(28)16(22(24)31)21(30)23(12,32)20(29)14(10)18(15)27/h1,5-6,10,12,17,26,28-29,32H,7-8H2,2-3H3,(H2,24,31)/t10?,12?,17?,23-/m0/s1. The molecule has 3 aliphatic carbocycles. The molecule has 0 saturated heterocycles. The molecule has 6 N–H and O–H groups in total. The number of rotatable bonds is 2. The number of hydrogen-bond donors (Lipinski definition) is 5. The Morgan fingerprint density at radius 2 is 1.91 bits per heavy atom. The summed E-state index contributed by atoms with van der Waals surface area (Å²) in [6.45, 7) is 0. The fourth-order valence-corrected chi connectivity index (χ4v) is 5.39. The van der Waals surface area contributed by atoms with E-state index < -0.39 is 58.0 Å². The summed E-state index contributed by atoms with van der Waals surface area (Å²) in [6, 6.07) is 1.75. The minimum atomic E-state index is -2.65. The Hall–Kier alpha value is -3.61. The highest BCUT2D eigenvalue weighted by molar-refractivity contribution is 6.24. The van der Waals surface area contributed by atoms with Crippen molar-refractivity contribution in [3.8, 4) is 18.1 Å². The van der Waals surface area contributed by atoms with E-state index in [1.807, 2.05) is 0 Å². The van der Waals surface area contributed by atoms with Gasteiger partial charge in [0.15, 0.2) is 11.4 Å². The smallest absolute Gasteiger partial charge is 0.255 e. The molecule has 1 aromatic carbocycles. The lowest BCUT2D eigenvalue weighted by Gasteiger charge is -2.50. The van der Waals surface area contributed by atoms with Gasteiger partial charge in [0, 0.05) is 17.1 Å². The van der Waals surface area contributed by atoms with Crippen molar-refractivity contribution in [3.63, 3.8) is 0 Å². The molecular formula is C23H22N2O7. The summed E-state index contributed by atoms with van der Waals surface area (Å²) in [6.07, 6.45) is 5.74. The third-order valence-electron chi connectivity index (χ3n) is 6.76. The number of ketones is 2. The van der Waals surface area contributed by atoms with Crippen molar-refractivity contribution in [3.05, 3.63) is 51.5 Å². The molecule has 4 rings (SSSR count). The number of carbonyl (C=O) groups excluding carboxylic acids is 3. The Bertz CT molecular complexity index is 1200. The Morgan fingerprint density at radius 3 is 2.47 bits per heavy atom. The van der Waals surface area contributed by atoms with Crippen LogP contribution in [-0.2, 0) is 16.0 Å². The summed E-state index contributed by atoms with van der Waals surface area (Å²) >= 11 is 0. The maximum atomic E-state index is 13.3. The average Bonchev–Trinajstić information content (AvgIpc) is 2.70. The second-order valence-corrected chi connectivity index (χ2v) is 8.59. The van der Waals surface area contributed by atoms with E-state index in [0.717, 1.165) is 0 Å². The number of allylic oxidation sites excluding steroid dienone is 1. The Labute approximate surface area is 183 Å². The lowest BCUT2D eigenvalue weighted by atomic mass is 9.58. The number of primary amides is 1. The van der Waals surface area contributed by atoms with Gasteiger partial charge in [-0.15, -0.1) is 6.42 Å². The number of Topliss-reactive ketones (excluding diaryl/α,β-unsaturated/α-hetero) is 2. The van der Waals surface area contributed by atoms with E-state index in [0.29, 0.717) is 11.1 Å². The number of likely N-dealkylation sites (N-methyl/N-ethyl adjacent to an activating group) is 1. The number of fused-ring (bicyclic) bond motifs is 3. The number of benzene rings is 1. The molecule has 0 heterocycles. The second kappa shape index (κ2) is 6.95. The quantitative estimate of drug-likeness (QED) is 0.321. The van der Waals surface area contributed by atoms with Crippen molar-refractivity contribution in [2.24, 2.45) is 17.6 Å². The van der Waals surface area contributed by atoms with Gasteiger partial charge in [-0.1, -0.05) is 5.92 Å². The van der Waals surface area contributed by atoms with Gasteiger partial charge in [0.05, 0.1) is 11.6 Å². The van der Waals surface area contributed by atoms with Gasteiger partial charge in [-0.2, -0.15) is 0 Å². The van der Waals surface area contributed by atoms with Gasteiger partial charge in [-0.3, -0.25) is 19.3 Å². The Kier molecular flexibility index (Phi) is 4.69. The molecule has 0 spiro atoms. The van der Waals surface area contributed by atoms with Crippen LogP contribution in [0.3, 0.4) is 0 Å². The maximum Gasteiger partial charge on any atom is 0.255 e. The predicted octanol–water partition coefficient (Wildman–Crippen LogP) is 0.102. The molecule has 0 aliphatic heterocycles. The van der Waals surface area contributed by atoms with Gasteiger partial charge in [0.25, 0.3) is 5.91 Å². The zero-order valence-corrected chi connectivity index (χ0v) is 17.4. The van der Waals surface area contributed by atoms with Gasteiger partial charge in [0.1, 0.15) is 22.8 Å². The van der Waals surface area contributed by atoms with E-state index in [1.54, 1.807) is 14.1 Å². The van der Waals surface area contributed by atoms with Crippen LogP contribution in [0.1, 0.15) is 27.9 Å². The number of hydrogen-bond acceptors (Lipinski definition) is 8. The van der Waals surface area contributed by atoms with Gasteiger partial charge in [-0.05, 0) is 50.6 Å². The first-order valence-electron chi connectivity index (χ1n) is 9.93. The first-order valence-corrected chi connectivity index (χ1v) is 9.93. The maximum absolute atomic E-state index is 13.3. The van der Waals surface area contributed by atoms with Crippen molar-refractivity contribution >= 4 is 17.5 Å². The summed E-state index contributed by atoms with van der Waals surface area (Å²) in [5, 5.41) is 43.6. The molecule has 1 amide bonds. The monoisotopic (exact) mass is 438 g/mol. The minimum absolute atomic E-state index is 0.0193. The predicted molar refractivity (Wildman–Crippen MR) is 112 cm³/mol. The zero-order chi connectivity index (χ0) is 23.7. The lowest BCUT2D eigenvalue weighted by Crippen LogP contribution is -2.63. The highest BCUT2D eigenvalue weighted by Gasteiger charge is 2.63. The first-order chi connectivity index (χ1) is 15.0.